The van der Waals surface area contributed by atoms with Gasteiger partial charge in [-0.1, -0.05) is 0 Å². The third kappa shape index (κ3) is 4.41. The molecule has 0 bridgehead atoms. The van der Waals surface area contributed by atoms with Crippen LogP contribution in [0.4, 0.5) is 13.2 Å². The third-order valence-corrected chi connectivity index (χ3v) is 1.61. The lowest BCUT2D eigenvalue weighted by molar-refractivity contribution is -0.275. The molecule has 1 rings (SSSR count). The van der Waals surface area contributed by atoms with E-state index in [1.165, 1.54) is 13.2 Å². The molecule has 0 aliphatic carbocycles. The standard InChI is InChI=1S/C8H8BF3O5/c1-15-5-2-3-6(16-8(10,11)12)7(4-5)17-9(13)14/h2-4,13-14H,1H3. The average molecular weight is 252 g/mol. The summed E-state index contributed by atoms with van der Waals surface area (Å²) < 4.78 is 48.7. The van der Waals surface area contributed by atoms with Crippen molar-refractivity contribution in [3.8, 4) is 17.2 Å². The smallest absolute Gasteiger partial charge is 0.509 e. The summed E-state index contributed by atoms with van der Waals surface area (Å²) in [5.41, 5.74) is 0. The predicted octanol–water partition coefficient (Wildman–Crippen LogP) is 0.942. The number of methoxy groups -OCH3 is 1. The first-order valence-electron chi connectivity index (χ1n) is 4.28. The normalized spacial score (nSPS) is 10.9. The molecular formula is C8H8BF3O5. The summed E-state index contributed by atoms with van der Waals surface area (Å²) in [6.45, 7) is 0. The van der Waals surface area contributed by atoms with Gasteiger partial charge >= 0.3 is 13.7 Å². The molecule has 0 radical (unpaired) electrons. The summed E-state index contributed by atoms with van der Waals surface area (Å²) >= 11 is 0. The van der Waals surface area contributed by atoms with Crippen molar-refractivity contribution in [1.82, 2.24) is 0 Å². The number of halogens is 3. The molecule has 1 aromatic rings. The van der Waals surface area contributed by atoms with E-state index in [1.54, 1.807) is 0 Å². The minimum absolute atomic E-state index is 0.176. The monoisotopic (exact) mass is 252 g/mol. The largest absolute Gasteiger partial charge is 0.707 e. The predicted molar refractivity (Wildman–Crippen MR) is 50.5 cm³/mol. The second-order valence-corrected chi connectivity index (χ2v) is 2.80. The van der Waals surface area contributed by atoms with Crippen LogP contribution in [0.25, 0.3) is 0 Å². The highest BCUT2D eigenvalue weighted by Crippen LogP contribution is 2.35. The molecule has 0 amide bonds. The maximum atomic E-state index is 12.0. The summed E-state index contributed by atoms with van der Waals surface area (Å²) in [5, 5.41) is 17.1. The average Bonchev–Trinajstić information content (AvgIpc) is 2.17. The van der Waals surface area contributed by atoms with E-state index in [4.69, 9.17) is 14.8 Å². The van der Waals surface area contributed by atoms with Crippen LogP contribution in [0, 0.1) is 0 Å². The molecule has 0 saturated carbocycles. The molecule has 1 aromatic carbocycles. The Kier molecular flexibility index (Phi) is 4.08. The first-order valence-corrected chi connectivity index (χ1v) is 4.28. The number of rotatable bonds is 4. The SMILES string of the molecule is COc1ccc(OC(F)(F)F)c(OB(O)O)c1. The minimum Gasteiger partial charge on any atom is -0.509 e. The summed E-state index contributed by atoms with van der Waals surface area (Å²) in [7, 11) is -0.976. The van der Waals surface area contributed by atoms with Gasteiger partial charge in [-0.05, 0) is 12.1 Å². The van der Waals surface area contributed by atoms with Gasteiger partial charge in [0.15, 0.2) is 5.75 Å². The van der Waals surface area contributed by atoms with Crippen LogP contribution in [0.15, 0.2) is 18.2 Å². The van der Waals surface area contributed by atoms with Gasteiger partial charge in [-0.15, -0.1) is 13.2 Å². The molecule has 0 aromatic heterocycles. The maximum absolute atomic E-state index is 12.0. The van der Waals surface area contributed by atoms with Gasteiger partial charge < -0.3 is 24.2 Å². The number of hydrogen-bond acceptors (Lipinski definition) is 5. The van der Waals surface area contributed by atoms with Gasteiger partial charge in [-0.2, -0.15) is 0 Å². The highest BCUT2D eigenvalue weighted by Gasteiger charge is 2.33. The van der Waals surface area contributed by atoms with Crippen molar-refractivity contribution in [2.75, 3.05) is 7.11 Å². The zero-order valence-corrected chi connectivity index (χ0v) is 8.56. The van der Waals surface area contributed by atoms with Crippen molar-refractivity contribution in [2.45, 2.75) is 6.36 Å². The lowest BCUT2D eigenvalue weighted by Crippen LogP contribution is -2.23. The Morgan fingerprint density at radius 2 is 1.82 bits per heavy atom. The van der Waals surface area contributed by atoms with Gasteiger partial charge in [-0.25, -0.2) is 0 Å². The summed E-state index contributed by atoms with van der Waals surface area (Å²) in [6, 6.07) is 3.17. The van der Waals surface area contributed by atoms with E-state index >= 15 is 0 Å². The summed E-state index contributed by atoms with van der Waals surface area (Å²) in [6.07, 6.45) is -4.91. The van der Waals surface area contributed by atoms with Crippen molar-refractivity contribution >= 4 is 7.32 Å². The van der Waals surface area contributed by atoms with Crippen molar-refractivity contribution in [3.05, 3.63) is 18.2 Å². The van der Waals surface area contributed by atoms with Crippen LogP contribution in [0.1, 0.15) is 0 Å². The Morgan fingerprint density at radius 3 is 2.29 bits per heavy atom. The molecular weight excluding hydrogens is 244 g/mol. The molecule has 9 heteroatoms. The number of hydrogen-bond donors (Lipinski definition) is 2. The van der Waals surface area contributed by atoms with Gasteiger partial charge in [0.05, 0.1) is 7.11 Å². The fourth-order valence-electron chi connectivity index (χ4n) is 1.03. The molecule has 0 aliphatic heterocycles. The molecule has 17 heavy (non-hydrogen) atoms. The van der Waals surface area contributed by atoms with Gasteiger partial charge in [0.25, 0.3) is 0 Å². The Hall–Kier alpha value is -1.61. The van der Waals surface area contributed by atoms with Crippen LogP contribution in [0.3, 0.4) is 0 Å². The first kappa shape index (κ1) is 13.5. The molecule has 2 N–H and O–H groups in total. The lowest BCUT2D eigenvalue weighted by Gasteiger charge is -2.14. The highest BCUT2D eigenvalue weighted by molar-refractivity contribution is 6.33. The minimum atomic E-state index is -4.91. The Morgan fingerprint density at radius 1 is 1.18 bits per heavy atom. The second kappa shape index (κ2) is 5.15. The van der Waals surface area contributed by atoms with Crippen LogP contribution in [-0.2, 0) is 0 Å². The maximum Gasteiger partial charge on any atom is 0.707 e. The summed E-state index contributed by atoms with van der Waals surface area (Å²) in [5.74, 6) is -1.03. The van der Waals surface area contributed by atoms with Crippen LogP contribution >= 0.6 is 0 Å². The van der Waals surface area contributed by atoms with E-state index < -0.39 is 25.2 Å². The number of ether oxygens (including phenoxy) is 2. The molecule has 0 fully saturated rings. The van der Waals surface area contributed by atoms with Crippen LogP contribution < -0.4 is 14.1 Å². The Labute approximate surface area is 94.5 Å². The van der Waals surface area contributed by atoms with Crippen molar-refractivity contribution < 1.29 is 37.3 Å². The topological polar surface area (TPSA) is 68.2 Å². The van der Waals surface area contributed by atoms with E-state index in [9.17, 15) is 13.2 Å². The fourth-order valence-corrected chi connectivity index (χ4v) is 1.03. The van der Waals surface area contributed by atoms with Crippen LogP contribution in [0.2, 0.25) is 0 Å². The van der Waals surface area contributed by atoms with Crippen molar-refractivity contribution in [2.24, 2.45) is 0 Å². The third-order valence-electron chi connectivity index (χ3n) is 1.61. The number of alkyl halides is 3. The lowest BCUT2D eigenvalue weighted by atomic mass is 10.2. The molecule has 94 valence electrons. The van der Waals surface area contributed by atoms with Gasteiger partial charge in [0, 0.05) is 6.07 Å². The zero-order valence-electron chi connectivity index (χ0n) is 8.56. The molecule has 0 aliphatic rings. The van der Waals surface area contributed by atoms with Crippen LogP contribution in [0.5, 0.6) is 17.2 Å². The second-order valence-electron chi connectivity index (χ2n) is 2.80. The van der Waals surface area contributed by atoms with E-state index in [2.05, 4.69) is 9.39 Å². The Bertz CT molecular complexity index is 382. The van der Waals surface area contributed by atoms with E-state index in [0.717, 1.165) is 12.1 Å². The van der Waals surface area contributed by atoms with E-state index in [0.29, 0.717) is 0 Å². The van der Waals surface area contributed by atoms with Gasteiger partial charge in [-0.3, -0.25) is 0 Å². The Balaban J connectivity index is 3.02. The van der Waals surface area contributed by atoms with E-state index in [-0.39, 0.29) is 5.75 Å². The molecule has 0 spiro atoms. The molecule has 0 heterocycles. The molecule has 0 saturated heterocycles. The fraction of sp³-hybridized carbons (Fsp3) is 0.250. The van der Waals surface area contributed by atoms with E-state index in [1.807, 2.05) is 0 Å². The molecule has 0 atom stereocenters. The van der Waals surface area contributed by atoms with Crippen molar-refractivity contribution in [3.63, 3.8) is 0 Å². The zero-order chi connectivity index (χ0) is 13.1. The summed E-state index contributed by atoms with van der Waals surface area (Å²) in [4.78, 5) is 0. The first-order chi connectivity index (χ1) is 7.81. The van der Waals surface area contributed by atoms with Gasteiger partial charge in [0.1, 0.15) is 11.5 Å². The quantitative estimate of drug-likeness (QED) is 0.780. The molecule has 0 unspecified atom stereocenters. The number of benzene rings is 1. The van der Waals surface area contributed by atoms with Crippen LogP contribution in [-0.4, -0.2) is 30.8 Å². The highest BCUT2D eigenvalue weighted by atomic mass is 19.4. The van der Waals surface area contributed by atoms with Gasteiger partial charge in [0.2, 0.25) is 0 Å². The van der Waals surface area contributed by atoms with Crippen molar-refractivity contribution in [1.29, 1.82) is 0 Å². The molecule has 5 nitrogen and oxygen atoms in total.